The van der Waals surface area contributed by atoms with Crippen molar-refractivity contribution in [3.8, 4) is 0 Å². The molecule has 1 heterocycles. The van der Waals surface area contributed by atoms with E-state index in [0.717, 1.165) is 32.1 Å². The third kappa shape index (κ3) is 2.24. The van der Waals surface area contributed by atoms with Crippen molar-refractivity contribution >= 4 is 15.3 Å². The van der Waals surface area contributed by atoms with Gasteiger partial charge in [-0.2, -0.15) is 0 Å². The van der Waals surface area contributed by atoms with Crippen molar-refractivity contribution in [2.24, 2.45) is 4.99 Å². The summed E-state index contributed by atoms with van der Waals surface area (Å²) in [6, 6.07) is 0. The van der Waals surface area contributed by atoms with Crippen molar-refractivity contribution < 1.29 is 4.74 Å². The van der Waals surface area contributed by atoms with Crippen molar-refractivity contribution in [1.29, 1.82) is 0 Å². The van der Waals surface area contributed by atoms with E-state index in [9.17, 15) is 0 Å². The highest BCUT2D eigenvalue weighted by atomic mass is 31.0. The number of hydrogen-bond acceptors (Lipinski definition) is 3. The minimum Gasteiger partial charge on any atom is -0.480 e. The topological polar surface area (TPSA) is 24.8 Å². The highest BCUT2D eigenvalue weighted by Gasteiger charge is 2.09. The zero-order chi connectivity index (χ0) is 7.40. The monoisotopic (exact) mass is 160 g/mol. The van der Waals surface area contributed by atoms with Crippen LogP contribution in [-0.2, 0) is 4.74 Å². The van der Waals surface area contributed by atoms with Crippen LogP contribution in [0, 0.1) is 0 Å². The van der Waals surface area contributed by atoms with Crippen LogP contribution in [-0.4, -0.2) is 36.8 Å². The lowest BCUT2D eigenvalue weighted by atomic mass is 10.5. The highest BCUT2D eigenvalue weighted by molar-refractivity contribution is 7.13. The molecule has 58 valence electrons. The molecule has 1 rings (SSSR count). The molecule has 0 saturated carbocycles. The normalized spacial score (nSPS) is 20.4. The summed E-state index contributed by atoms with van der Waals surface area (Å²) in [6.07, 6.45) is 0. The molecule has 1 unspecified atom stereocenters. The van der Waals surface area contributed by atoms with Crippen LogP contribution in [0.5, 0.6) is 0 Å². The van der Waals surface area contributed by atoms with Crippen molar-refractivity contribution in [3.05, 3.63) is 0 Å². The molecule has 0 amide bonds. The van der Waals surface area contributed by atoms with E-state index in [0.29, 0.717) is 0 Å². The molecule has 1 aliphatic rings. The first-order chi connectivity index (χ1) is 4.83. The van der Waals surface area contributed by atoms with Gasteiger partial charge in [0.1, 0.15) is 0 Å². The van der Waals surface area contributed by atoms with E-state index in [1.165, 1.54) is 0 Å². The Kier molecular flexibility index (Phi) is 3.10. The SMILES string of the molecule is CCOC1=NCCN(P)C1. The van der Waals surface area contributed by atoms with Crippen LogP contribution in [0.15, 0.2) is 4.99 Å². The molecular formula is C6H13N2OP. The molecule has 0 radical (unpaired) electrons. The summed E-state index contributed by atoms with van der Waals surface area (Å²) in [4.78, 5) is 4.21. The first-order valence-electron chi connectivity index (χ1n) is 3.48. The summed E-state index contributed by atoms with van der Waals surface area (Å²) in [5, 5.41) is 0. The Morgan fingerprint density at radius 3 is 3.20 bits per heavy atom. The van der Waals surface area contributed by atoms with Gasteiger partial charge < -0.3 is 4.74 Å². The van der Waals surface area contributed by atoms with Crippen molar-refractivity contribution in [2.75, 3.05) is 26.2 Å². The zero-order valence-corrected chi connectivity index (χ0v) is 7.36. The van der Waals surface area contributed by atoms with Crippen LogP contribution in [0.1, 0.15) is 6.92 Å². The molecule has 0 saturated heterocycles. The summed E-state index contributed by atoms with van der Waals surface area (Å²) in [5.74, 6) is 0.865. The molecule has 0 N–H and O–H groups in total. The third-order valence-corrected chi connectivity index (χ3v) is 1.77. The molecule has 0 bridgehead atoms. The smallest absolute Gasteiger partial charge is 0.198 e. The third-order valence-electron chi connectivity index (χ3n) is 1.32. The quantitative estimate of drug-likeness (QED) is 0.522. The summed E-state index contributed by atoms with van der Waals surface area (Å²) in [5.41, 5.74) is 0. The van der Waals surface area contributed by atoms with Gasteiger partial charge in [-0.3, -0.25) is 9.66 Å². The lowest BCUT2D eigenvalue weighted by molar-refractivity contribution is 0.299. The van der Waals surface area contributed by atoms with Gasteiger partial charge in [-0.1, -0.05) is 9.39 Å². The van der Waals surface area contributed by atoms with Gasteiger partial charge >= 0.3 is 0 Å². The maximum absolute atomic E-state index is 5.25. The summed E-state index contributed by atoms with van der Waals surface area (Å²) in [7, 11) is 2.65. The van der Waals surface area contributed by atoms with E-state index in [4.69, 9.17) is 4.74 Å². The van der Waals surface area contributed by atoms with Crippen molar-refractivity contribution in [2.45, 2.75) is 6.92 Å². The van der Waals surface area contributed by atoms with Crippen LogP contribution in [0.3, 0.4) is 0 Å². The summed E-state index contributed by atoms with van der Waals surface area (Å²) >= 11 is 0. The molecule has 10 heavy (non-hydrogen) atoms. The second-order valence-corrected chi connectivity index (χ2v) is 2.91. The number of nitrogens with zero attached hydrogens (tertiary/aromatic N) is 2. The van der Waals surface area contributed by atoms with E-state index in [1.54, 1.807) is 0 Å². The highest BCUT2D eigenvalue weighted by Crippen LogP contribution is 2.03. The molecule has 1 aliphatic heterocycles. The second kappa shape index (κ2) is 3.89. The Bertz CT molecular complexity index is 138. The fourth-order valence-electron chi connectivity index (χ4n) is 0.864. The summed E-state index contributed by atoms with van der Waals surface area (Å²) in [6.45, 7) is 5.40. The Morgan fingerprint density at radius 2 is 2.60 bits per heavy atom. The van der Waals surface area contributed by atoms with Crippen LogP contribution >= 0.6 is 9.39 Å². The lowest BCUT2D eigenvalue weighted by Crippen LogP contribution is -2.30. The molecule has 3 nitrogen and oxygen atoms in total. The van der Waals surface area contributed by atoms with Gasteiger partial charge in [-0.05, 0) is 6.92 Å². The van der Waals surface area contributed by atoms with Crippen LogP contribution in [0.25, 0.3) is 0 Å². The second-order valence-electron chi connectivity index (χ2n) is 2.18. The van der Waals surface area contributed by atoms with Gasteiger partial charge in [0, 0.05) is 6.54 Å². The molecule has 1 atom stereocenters. The van der Waals surface area contributed by atoms with Gasteiger partial charge in [0.2, 0.25) is 0 Å². The lowest BCUT2D eigenvalue weighted by Gasteiger charge is -2.20. The fourth-order valence-corrected chi connectivity index (χ4v) is 1.14. The standard InChI is InChI=1S/C6H13N2OP/c1-2-9-6-5-8(10)4-3-7-6/h2-5,10H2,1H3. The maximum Gasteiger partial charge on any atom is 0.198 e. The number of rotatable bonds is 1. The Balaban J connectivity index is 2.36. The van der Waals surface area contributed by atoms with Gasteiger partial charge in [-0.15, -0.1) is 0 Å². The number of hydrogen-bond donors (Lipinski definition) is 0. The summed E-state index contributed by atoms with van der Waals surface area (Å²) < 4.78 is 7.37. The average Bonchev–Trinajstić information content (AvgIpc) is 1.88. The molecule has 0 aromatic rings. The average molecular weight is 160 g/mol. The van der Waals surface area contributed by atoms with Crippen LogP contribution < -0.4 is 0 Å². The Hall–Kier alpha value is -0.140. The molecule has 0 aromatic heterocycles. The number of ether oxygens (including phenoxy) is 1. The van der Waals surface area contributed by atoms with E-state index < -0.39 is 0 Å². The first kappa shape index (κ1) is 7.96. The van der Waals surface area contributed by atoms with E-state index >= 15 is 0 Å². The Labute approximate surface area is 63.7 Å². The van der Waals surface area contributed by atoms with Crippen LogP contribution in [0.2, 0.25) is 0 Å². The van der Waals surface area contributed by atoms with E-state index in [-0.39, 0.29) is 0 Å². The van der Waals surface area contributed by atoms with Crippen molar-refractivity contribution in [3.63, 3.8) is 0 Å². The fraction of sp³-hybridized carbons (Fsp3) is 0.833. The zero-order valence-electron chi connectivity index (χ0n) is 6.21. The van der Waals surface area contributed by atoms with E-state index in [1.807, 2.05) is 6.92 Å². The van der Waals surface area contributed by atoms with Gasteiger partial charge in [-0.25, -0.2) is 0 Å². The molecule has 0 aliphatic carbocycles. The van der Waals surface area contributed by atoms with Gasteiger partial charge in [0.05, 0.1) is 19.7 Å². The number of aliphatic imine (C=N–C) groups is 1. The van der Waals surface area contributed by atoms with Crippen LogP contribution in [0.4, 0.5) is 0 Å². The molecular weight excluding hydrogens is 147 g/mol. The minimum absolute atomic E-state index is 0.720. The molecule has 4 heteroatoms. The Morgan fingerprint density at radius 1 is 1.80 bits per heavy atom. The predicted octanol–water partition coefficient (Wildman–Crippen LogP) is 0.527. The minimum atomic E-state index is 0.720. The largest absolute Gasteiger partial charge is 0.480 e. The van der Waals surface area contributed by atoms with Gasteiger partial charge in [0.15, 0.2) is 5.90 Å². The predicted molar refractivity (Wildman–Crippen MR) is 45.2 cm³/mol. The maximum atomic E-state index is 5.25. The van der Waals surface area contributed by atoms with Gasteiger partial charge in [0.25, 0.3) is 0 Å². The molecule has 0 fully saturated rings. The molecule has 0 aromatic carbocycles. The van der Waals surface area contributed by atoms with E-state index in [2.05, 4.69) is 19.1 Å². The molecule has 0 spiro atoms. The van der Waals surface area contributed by atoms with Crippen molar-refractivity contribution in [1.82, 2.24) is 4.67 Å². The first-order valence-corrected chi connectivity index (χ1v) is 4.00.